The summed E-state index contributed by atoms with van der Waals surface area (Å²) in [5.41, 5.74) is -1.61. The number of hydrogen-bond acceptors (Lipinski definition) is 4. The number of hydrogen-bond donors (Lipinski definition) is 1. The van der Waals surface area contributed by atoms with Gasteiger partial charge in [0.05, 0.1) is 51.1 Å². The number of alkyl halides is 1. The van der Waals surface area contributed by atoms with Gasteiger partial charge in [0.2, 0.25) is 0 Å². The van der Waals surface area contributed by atoms with Crippen molar-refractivity contribution in [3.8, 4) is 0 Å². The van der Waals surface area contributed by atoms with E-state index in [1.807, 2.05) is 0 Å². The monoisotopic (exact) mass is 603 g/mol. The van der Waals surface area contributed by atoms with Crippen LogP contribution >= 0.6 is 23.2 Å². The zero-order chi connectivity index (χ0) is 29.5. The molecule has 1 aromatic carbocycles. The molecule has 10 heteroatoms. The van der Waals surface area contributed by atoms with Crippen LogP contribution in [0, 0.1) is 22.7 Å². The highest BCUT2D eigenvalue weighted by atomic mass is 35.5. The summed E-state index contributed by atoms with van der Waals surface area (Å²) in [5.74, 6) is -0.629. The third kappa shape index (κ3) is 4.79. The SMILES string of the molecule is CC1(C)[C@@H]2C[C@H](N(CC(=O)c3c(Cl)cccc3Cl)C(=O)c3cnn([C@H]4CC[C@](C)(C(=O)O)CC4)c3C3(F)CC3)C[C@@H]21. The summed E-state index contributed by atoms with van der Waals surface area (Å²) in [6.07, 6.45) is 5.60. The van der Waals surface area contributed by atoms with Gasteiger partial charge in [-0.1, -0.05) is 43.1 Å². The van der Waals surface area contributed by atoms with Gasteiger partial charge in [-0.05, 0) is 87.7 Å². The number of ketones is 1. The number of amides is 1. The molecule has 1 heterocycles. The number of nitrogens with zero attached hydrogens (tertiary/aromatic N) is 3. The van der Waals surface area contributed by atoms with Gasteiger partial charge in [-0.15, -0.1) is 0 Å². The van der Waals surface area contributed by atoms with E-state index in [0.29, 0.717) is 50.4 Å². The summed E-state index contributed by atoms with van der Waals surface area (Å²) in [7, 11) is 0. The second-order valence-electron chi connectivity index (χ2n) is 13.5. The van der Waals surface area contributed by atoms with Gasteiger partial charge in [0.15, 0.2) is 11.5 Å². The topological polar surface area (TPSA) is 92.5 Å². The van der Waals surface area contributed by atoms with Gasteiger partial charge in [-0.25, -0.2) is 4.39 Å². The van der Waals surface area contributed by atoms with Crippen molar-refractivity contribution in [2.75, 3.05) is 6.54 Å². The molecule has 3 atom stereocenters. The van der Waals surface area contributed by atoms with Gasteiger partial charge >= 0.3 is 5.97 Å². The zero-order valence-corrected chi connectivity index (χ0v) is 25.1. The average molecular weight is 605 g/mol. The maximum Gasteiger partial charge on any atom is 0.309 e. The summed E-state index contributed by atoms with van der Waals surface area (Å²) in [4.78, 5) is 41.3. The molecule has 1 amide bonds. The smallest absolute Gasteiger partial charge is 0.309 e. The standard InChI is InChI=1S/C31H36Cl2FN3O4/c1-29(2)20-13-18(14-21(20)29)36(16-24(38)25-22(32)5-4-6-23(25)33)27(39)19-15-35-37(26(19)31(34)11-12-31)17-7-9-30(3,10-8-17)28(40)41/h4-6,15,17-18,20-21H,7-14,16H2,1-3H3,(H,40,41)/t17-,18-,20+,21-,30-. The molecule has 0 unspecified atom stereocenters. The van der Waals surface area contributed by atoms with E-state index < -0.39 is 23.0 Å². The molecule has 4 aliphatic carbocycles. The molecule has 0 radical (unpaired) electrons. The molecule has 0 aliphatic heterocycles. The molecule has 1 N–H and O–H groups in total. The summed E-state index contributed by atoms with van der Waals surface area (Å²) < 4.78 is 17.6. The maximum absolute atomic E-state index is 16.0. The van der Waals surface area contributed by atoms with E-state index >= 15 is 4.39 Å². The molecule has 6 rings (SSSR count). The third-order valence-corrected chi connectivity index (χ3v) is 11.3. The molecule has 0 saturated heterocycles. The van der Waals surface area contributed by atoms with Gasteiger partial charge in [0.25, 0.3) is 5.91 Å². The van der Waals surface area contributed by atoms with E-state index in [-0.39, 0.29) is 56.7 Å². The van der Waals surface area contributed by atoms with Gasteiger partial charge in [0.1, 0.15) is 0 Å². The summed E-state index contributed by atoms with van der Waals surface area (Å²) in [6, 6.07) is 4.51. The fraction of sp³-hybridized carbons (Fsp3) is 0.613. The first-order valence-electron chi connectivity index (χ1n) is 14.6. The van der Waals surface area contributed by atoms with Gasteiger partial charge in [-0.3, -0.25) is 19.1 Å². The number of fused-ring (bicyclic) bond motifs is 1. The minimum absolute atomic E-state index is 0.160. The van der Waals surface area contributed by atoms with Crippen LogP contribution in [0.2, 0.25) is 10.0 Å². The fourth-order valence-electron chi connectivity index (χ4n) is 7.54. The molecule has 4 saturated carbocycles. The van der Waals surface area contributed by atoms with E-state index in [2.05, 4.69) is 18.9 Å². The second-order valence-corrected chi connectivity index (χ2v) is 14.3. The molecule has 7 nitrogen and oxygen atoms in total. The van der Waals surface area contributed by atoms with Gasteiger partial charge in [0, 0.05) is 6.04 Å². The molecular formula is C31H36Cl2FN3O4. The quantitative estimate of drug-likeness (QED) is 0.324. The number of benzene rings is 1. The van der Waals surface area contributed by atoms with Crippen LogP contribution in [-0.2, 0) is 10.5 Å². The minimum Gasteiger partial charge on any atom is -0.481 e. The lowest BCUT2D eigenvalue weighted by Crippen LogP contribution is -2.44. The van der Waals surface area contributed by atoms with Crippen LogP contribution < -0.4 is 0 Å². The lowest BCUT2D eigenvalue weighted by Gasteiger charge is -2.35. The Balaban J connectivity index is 1.32. The van der Waals surface area contributed by atoms with Crippen LogP contribution in [0.25, 0.3) is 0 Å². The lowest BCUT2D eigenvalue weighted by molar-refractivity contribution is -0.150. The molecule has 4 fully saturated rings. The minimum atomic E-state index is -1.66. The van der Waals surface area contributed by atoms with Crippen LogP contribution in [0.15, 0.2) is 24.4 Å². The van der Waals surface area contributed by atoms with Crippen molar-refractivity contribution in [2.24, 2.45) is 22.7 Å². The van der Waals surface area contributed by atoms with Crippen molar-refractivity contribution >= 4 is 40.9 Å². The molecule has 4 aliphatic rings. The van der Waals surface area contributed by atoms with Crippen LogP contribution in [0.5, 0.6) is 0 Å². The number of halogens is 3. The van der Waals surface area contributed by atoms with E-state index in [9.17, 15) is 19.5 Å². The van der Waals surface area contributed by atoms with E-state index in [1.165, 1.54) is 6.20 Å². The van der Waals surface area contributed by atoms with Crippen molar-refractivity contribution in [3.63, 3.8) is 0 Å². The largest absolute Gasteiger partial charge is 0.481 e. The van der Waals surface area contributed by atoms with Crippen LogP contribution in [-0.4, -0.2) is 50.0 Å². The predicted molar refractivity (Wildman–Crippen MR) is 153 cm³/mol. The molecule has 41 heavy (non-hydrogen) atoms. The number of carboxylic acid groups (broad SMARTS) is 1. The molecule has 220 valence electrons. The number of carbonyl (C=O) groups is 3. The van der Waals surface area contributed by atoms with E-state index in [0.717, 1.165) is 12.8 Å². The number of aromatic nitrogens is 2. The number of carbonyl (C=O) groups excluding carboxylic acids is 2. The average Bonchev–Trinajstić information content (AvgIpc) is 3.54. The Kier molecular flexibility index (Phi) is 6.85. The highest BCUT2D eigenvalue weighted by Gasteiger charge is 2.63. The van der Waals surface area contributed by atoms with Gasteiger partial charge in [-0.2, -0.15) is 5.10 Å². The lowest BCUT2D eigenvalue weighted by atomic mass is 9.74. The van der Waals surface area contributed by atoms with E-state index in [1.54, 1.807) is 34.7 Å². The normalized spacial score (nSPS) is 30.9. The summed E-state index contributed by atoms with van der Waals surface area (Å²) in [6.45, 7) is 6.01. The van der Waals surface area contributed by atoms with Crippen molar-refractivity contribution in [3.05, 3.63) is 51.3 Å². The Morgan fingerprint density at radius 2 is 1.63 bits per heavy atom. The Morgan fingerprint density at radius 1 is 1.05 bits per heavy atom. The first-order chi connectivity index (χ1) is 19.3. The van der Waals surface area contributed by atoms with Gasteiger partial charge < -0.3 is 10.0 Å². The molecular weight excluding hydrogens is 568 g/mol. The molecule has 1 aromatic heterocycles. The molecule has 0 bridgehead atoms. The Bertz CT molecular complexity index is 1390. The highest BCUT2D eigenvalue weighted by molar-refractivity contribution is 6.40. The van der Waals surface area contributed by atoms with Crippen molar-refractivity contribution in [1.29, 1.82) is 0 Å². The molecule has 0 spiro atoms. The maximum atomic E-state index is 16.0. The van der Waals surface area contributed by atoms with Crippen molar-refractivity contribution in [1.82, 2.24) is 14.7 Å². The second kappa shape index (κ2) is 9.80. The number of rotatable bonds is 8. The van der Waals surface area contributed by atoms with Crippen LogP contribution in [0.1, 0.15) is 105 Å². The predicted octanol–water partition coefficient (Wildman–Crippen LogP) is 7.11. The number of Topliss-reactive ketones (excluding diaryl/α,β-unsaturated/α-hetero) is 1. The highest BCUT2D eigenvalue weighted by Crippen LogP contribution is 2.67. The summed E-state index contributed by atoms with van der Waals surface area (Å²) >= 11 is 12.7. The van der Waals surface area contributed by atoms with Crippen molar-refractivity contribution in [2.45, 2.75) is 89.9 Å². The molecule has 2 aromatic rings. The Morgan fingerprint density at radius 3 is 2.17 bits per heavy atom. The number of carboxylic acids is 1. The first kappa shape index (κ1) is 28.7. The number of aliphatic carboxylic acids is 1. The zero-order valence-electron chi connectivity index (χ0n) is 23.6. The first-order valence-corrected chi connectivity index (χ1v) is 15.3. The summed E-state index contributed by atoms with van der Waals surface area (Å²) in [5, 5.41) is 14.6. The van der Waals surface area contributed by atoms with Crippen LogP contribution in [0.3, 0.4) is 0 Å². The van der Waals surface area contributed by atoms with E-state index in [4.69, 9.17) is 23.2 Å². The van der Waals surface area contributed by atoms with Crippen molar-refractivity contribution < 1.29 is 23.9 Å². The third-order valence-electron chi connectivity index (χ3n) is 10.7. The Labute approximate surface area is 249 Å². The Hall–Kier alpha value is -2.45. The fourth-order valence-corrected chi connectivity index (χ4v) is 8.15. The van der Waals surface area contributed by atoms with Crippen LogP contribution in [0.4, 0.5) is 4.39 Å².